The molecule has 1 N–H and O–H groups in total. The molecule has 2 rings (SSSR count). The van der Waals surface area contributed by atoms with Gasteiger partial charge in [-0.2, -0.15) is 0 Å². The van der Waals surface area contributed by atoms with Crippen LogP contribution in [-0.4, -0.2) is 19.1 Å². The lowest BCUT2D eigenvalue weighted by Crippen LogP contribution is -2.06. The number of hydrogen-bond donors (Lipinski definition) is 1. The molecule has 0 saturated carbocycles. The molecule has 0 amide bonds. The van der Waals surface area contributed by atoms with Crippen LogP contribution in [0, 0.1) is 6.92 Å². The van der Waals surface area contributed by atoms with E-state index in [0.29, 0.717) is 12.3 Å². The Morgan fingerprint density at radius 3 is 2.74 bits per heavy atom. The van der Waals surface area contributed by atoms with Crippen LogP contribution in [-0.2, 0) is 6.54 Å². The first kappa shape index (κ1) is 13.4. The number of nitrogens with zero attached hydrogens (tertiary/aromatic N) is 1. The van der Waals surface area contributed by atoms with Gasteiger partial charge in [-0.1, -0.05) is 6.07 Å². The molecule has 0 spiro atoms. The number of methoxy groups -OCH3 is 1. The van der Waals surface area contributed by atoms with Crippen molar-refractivity contribution in [2.75, 3.05) is 14.2 Å². The van der Waals surface area contributed by atoms with Gasteiger partial charge in [0.15, 0.2) is 11.5 Å². The van der Waals surface area contributed by atoms with Crippen molar-refractivity contribution in [1.82, 2.24) is 10.3 Å². The summed E-state index contributed by atoms with van der Waals surface area (Å²) in [5, 5.41) is 3.06. The topological polar surface area (TPSA) is 43.4 Å². The number of aryl methyl sites for hydroxylation is 1. The second-order valence-electron chi connectivity index (χ2n) is 4.27. The maximum atomic E-state index is 5.85. The van der Waals surface area contributed by atoms with Gasteiger partial charge in [-0.3, -0.25) is 4.98 Å². The standard InChI is InChI=1S/C15H18N2O2/c1-11-4-5-14(15(8-11)18-3)19-13-6-7-17-12(9-13)10-16-2/h4-9,16H,10H2,1-3H3. The summed E-state index contributed by atoms with van der Waals surface area (Å²) < 4.78 is 11.2. The molecule has 0 atom stereocenters. The average molecular weight is 258 g/mol. The van der Waals surface area contributed by atoms with Gasteiger partial charge in [0, 0.05) is 18.8 Å². The van der Waals surface area contributed by atoms with E-state index >= 15 is 0 Å². The van der Waals surface area contributed by atoms with Crippen LogP contribution in [0.1, 0.15) is 11.3 Å². The first-order chi connectivity index (χ1) is 9.22. The van der Waals surface area contributed by atoms with E-state index in [0.717, 1.165) is 22.8 Å². The minimum absolute atomic E-state index is 0.703. The molecular formula is C15H18N2O2. The molecule has 0 bridgehead atoms. The summed E-state index contributed by atoms with van der Waals surface area (Å²) in [6.07, 6.45) is 1.74. The third-order valence-corrected chi connectivity index (χ3v) is 2.69. The lowest BCUT2D eigenvalue weighted by molar-refractivity contribution is 0.378. The van der Waals surface area contributed by atoms with E-state index in [-0.39, 0.29) is 0 Å². The van der Waals surface area contributed by atoms with Gasteiger partial charge >= 0.3 is 0 Å². The fourth-order valence-electron chi connectivity index (χ4n) is 1.78. The fourth-order valence-corrected chi connectivity index (χ4v) is 1.78. The molecule has 4 nitrogen and oxygen atoms in total. The largest absolute Gasteiger partial charge is 0.493 e. The quantitative estimate of drug-likeness (QED) is 0.895. The van der Waals surface area contributed by atoms with Gasteiger partial charge in [0.2, 0.25) is 0 Å². The highest BCUT2D eigenvalue weighted by molar-refractivity contribution is 5.45. The molecule has 19 heavy (non-hydrogen) atoms. The van der Waals surface area contributed by atoms with Gasteiger partial charge in [-0.05, 0) is 37.7 Å². The van der Waals surface area contributed by atoms with E-state index < -0.39 is 0 Å². The molecule has 2 aromatic rings. The van der Waals surface area contributed by atoms with Crippen LogP contribution < -0.4 is 14.8 Å². The zero-order valence-electron chi connectivity index (χ0n) is 11.4. The number of aromatic nitrogens is 1. The minimum Gasteiger partial charge on any atom is -0.493 e. The molecule has 0 aliphatic rings. The Hall–Kier alpha value is -2.07. The third kappa shape index (κ3) is 3.45. The number of pyridine rings is 1. The second kappa shape index (κ2) is 6.20. The summed E-state index contributed by atoms with van der Waals surface area (Å²) in [6.45, 7) is 2.73. The van der Waals surface area contributed by atoms with Crippen molar-refractivity contribution in [1.29, 1.82) is 0 Å². The predicted molar refractivity (Wildman–Crippen MR) is 74.8 cm³/mol. The Bertz CT molecular complexity index is 556. The zero-order chi connectivity index (χ0) is 13.7. The predicted octanol–water partition coefficient (Wildman–Crippen LogP) is 2.91. The monoisotopic (exact) mass is 258 g/mol. The molecule has 4 heteroatoms. The summed E-state index contributed by atoms with van der Waals surface area (Å²) in [5.41, 5.74) is 2.07. The lowest BCUT2D eigenvalue weighted by atomic mass is 10.2. The summed E-state index contributed by atoms with van der Waals surface area (Å²) in [4.78, 5) is 4.25. The molecule has 1 aromatic carbocycles. The molecule has 0 saturated heterocycles. The number of benzene rings is 1. The SMILES string of the molecule is CNCc1cc(Oc2ccc(C)cc2OC)ccn1. The minimum atomic E-state index is 0.703. The Morgan fingerprint density at radius 1 is 1.16 bits per heavy atom. The van der Waals surface area contributed by atoms with Crippen molar-refractivity contribution in [2.45, 2.75) is 13.5 Å². The molecule has 0 radical (unpaired) electrons. The van der Waals surface area contributed by atoms with E-state index in [1.807, 2.05) is 44.3 Å². The van der Waals surface area contributed by atoms with Crippen molar-refractivity contribution in [3.8, 4) is 17.2 Å². The number of ether oxygens (including phenoxy) is 2. The van der Waals surface area contributed by atoms with E-state index in [1.165, 1.54) is 0 Å². The smallest absolute Gasteiger partial charge is 0.169 e. The first-order valence-corrected chi connectivity index (χ1v) is 6.15. The molecule has 1 aromatic heterocycles. The summed E-state index contributed by atoms with van der Waals surface area (Å²) >= 11 is 0. The highest BCUT2D eigenvalue weighted by Crippen LogP contribution is 2.32. The Kier molecular flexibility index (Phi) is 4.36. The van der Waals surface area contributed by atoms with Gasteiger partial charge in [0.1, 0.15) is 5.75 Å². The fraction of sp³-hybridized carbons (Fsp3) is 0.267. The average Bonchev–Trinajstić information content (AvgIpc) is 2.41. The Morgan fingerprint density at radius 2 is 2.00 bits per heavy atom. The van der Waals surface area contributed by atoms with E-state index in [2.05, 4.69) is 10.3 Å². The lowest BCUT2D eigenvalue weighted by Gasteiger charge is -2.11. The molecule has 0 unspecified atom stereocenters. The van der Waals surface area contributed by atoms with Crippen LogP contribution in [0.25, 0.3) is 0 Å². The second-order valence-corrected chi connectivity index (χ2v) is 4.27. The highest BCUT2D eigenvalue weighted by atomic mass is 16.5. The normalized spacial score (nSPS) is 10.3. The highest BCUT2D eigenvalue weighted by Gasteiger charge is 2.06. The molecular weight excluding hydrogens is 240 g/mol. The zero-order valence-corrected chi connectivity index (χ0v) is 11.4. The van der Waals surface area contributed by atoms with Gasteiger partial charge in [-0.15, -0.1) is 0 Å². The third-order valence-electron chi connectivity index (χ3n) is 2.69. The molecule has 0 aliphatic carbocycles. The Balaban J connectivity index is 2.23. The summed E-state index contributed by atoms with van der Waals surface area (Å²) in [7, 11) is 3.53. The molecule has 100 valence electrons. The van der Waals surface area contributed by atoms with Gasteiger partial charge < -0.3 is 14.8 Å². The van der Waals surface area contributed by atoms with Crippen LogP contribution in [0.15, 0.2) is 36.5 Å². The van der Waals surface area contributed by atoms with Crippen molar-refractivity contribution in [2.24, 2.45) is 0 Å². The van der Waals surface area contributed by atoms with Crippen LogP contribution in [0.2, 0.25) is 0 Å². The van der Waals surface area contributed by atoms with Gasteiger partial charge in [0.25, 0.3) is 0 Å². The van der Waals surface area contributed by atoms with E-state index in [4.69, 9.17) is 9.47 Å². The number of rotatable bonds is 5. The van der Waals surface area contributed by atoms with Crippen LogP contribution in [0.4, 0.5) is 0 Å². The van der Waals surface area contributed by atoms with Crippen molar-refractivity contribution in [3.05, 3.63) is 47.8 Å². The maximum Gasteiger partial charge on any atom is 0.169 e. The van der Waals surface area contributed by atoms with Crippen molar-refractivity contribution in [3.63, 3.8) is 0 Å². The number of nitrogens with one attached hydrogen (secondary N) is 1. The Labute approximate surface area is 113 Å². The molecule has 1 heterocycles. The van der Waals surface area contributed by atoms with Crippen LogP contribution in [0.5, 0.6) is 17.2 Å². The van der Waals surface area contributed by atoms with Crippen molar-refractivity contribution >= 4 is 0 Å². The van der Waals surface area contributed by atoms with E-state index in [9.17, 15) is 0 Å². The maximum absolute atomic E-state index is 5.85. The van der Waals surface area contributed by atoms with E-state index in [1.54, 1.807) is 13.3 Å². The van der Waals surface area contributed by atoms with Gasteiger partial charge in [-0.25, -0.2) is 0 Å². The van der Waals surface area contributed by atoms with Crippen LogP contribution in [0.3, 0.4) is 0 Å². The first-order valence-electron chi connectivity index (χ1n) is 6.15. The number of hydrogen-bond acceptors (Lipinski definition) is 4. The summed E-state index contributed by atoms with van der Waals surface area (Å²) in [5.74, 6) is 2.18. The molecule has 0 fully saturated rings. The van der Waals surface area contributed by atoms with Crippen molar-refractivity contribution < 1.29 is 9.47 Å². The van der Waals surface area contributed by atoms with Gasteiger partial charge in [0.05, 0.1) is 12.8 Å². The molecule has 0 aliphatic heterocycles. The summed E-state index contributed by atoms with van der Waals surface area (Å²) in [6, 6.07) is 9.60. The van der Waals surface area contributed by atoms with Crippen LogP contribution >= 0.6 is 0 Å².